The van der Waals surface area contributed by atoms with E-state index in [1.54, 1.807) is 28.2 Å². The number of rotatable bonds is 4. The summed E-state index contributed by atoms with van der Waals surface area (Å²) in [4.78, 5) is 12.8. The molecule has 1 aliphatic heterocycles. The lowest BCUT2D eigenvalue weighted by molar-refractivity contribution is -0.136. The predicted molar refractivity (Wildman–Crippen MR) is 80.2 cm³/mol. The Labute approximate surface area is 122 Å². The van der Waals surface area contributed by atoms with Crippen LogP contribution in [0.2, 0.25) is 0 Å². The van der Waals surface area contributed by atoms with Gasteiger partial charge < -0.3 is 9.84 Å². The van der Waals surface area contributed by atoms with Crippen LogP contribution in [0.25, 0.3) is 6.08 Å². The molecule has 1 heterocycles. The van der Waals surface area contributed by atoms with Crippen LogP contribution in [-0.2, 0) is 4.79 Å². The Bertz CT molecular complexity index is 543. The van der Waals surface area contributed by atoms with E-state index in [0.717, 1.165) is 5.56 Å². The van der Waals surface area contributed by atoms with Crippen LogP contribution in [0, 0.1) is 0 Å². The number of aromatic hydroxyl groups is 1. The summed E-state index contributed by atoms with van der Waals surface area (Å²) >= 11 is 1.50. The van der Waals surface area contributed by atoms with E-state index in [4.69, 9.17) is 4.74 Å². The number of thioether (sulfide) groups is 1. The second-order valence-corrected chi connectivity index (χ2v) is 5.48. The van der Waals surface area contributed by atoms with E-state index in [-0.39, 0.29) is 11.7 Å². The van der Waals surface area contributed by atoms with Gasteiger partial charge in [0.25, 0.3) is 5.91 Å². The highest BCUT2D eigenvalue weighted by Crippen LogP contribution is 2.32. The first-order valence-electron chi connectivity index (χ1n) is 6.32. The van der Waals surface area contributed by atoms with Crippen LogP contribution in [0.4, 0.5) is 0 Å². The van der Waals surface area contributed by atoms with Gasteiger partial charge in [-0.05, 0) is 30.7 Å². The van der Waals surface area contributed by atoms with Gasteiger partial charge in [-0.2, -0.15) is 0 Å². The predicted octanol–water partition coefficient (Wildman–Crippen LogP) is 2.14. The molecule has 0 spiro atoms. The summed E-state index contributed by atoms with van der Waals surface area (Å²) in [6.07, 6.45) is 1.82. The zero-order valence-electron chi connectivity index (χ0n) is 11.8. The smallest absolute Gasteiger partial charge is 0.275 e. The molecule has 1 saturated heterocycles. The van der Waals surface area contributed by atoms with E-state index in [2.05, 4.69) is 0 Å². The molecule has 1 N–H and O–H groups in total. The van der Waals surface area contributed by atoms with Crippen molar-refractivity contribution in [3.8, 4) is 11.5 Å². The first-order valence-corrected chi connectivity index (χ1v) is 7.31. The van der Waals surface area contributed by atoms with E-state index in [0.29, 0.717) is 23.1 Å². The highest BCUT2D eigenvalue weighted by atomic mass is 32.2. The number of amides is 1. The molecular weight excluding hydrogens is 276 g/mol. The van der Waals surface area contributed by atoms with Crippen molar-refractivity contribution in [1.29, 1.82) is 0 Å². The normalized spacial score (nSPS) is 17.3. The molecule has 0 atom stereocenters. The number of hydrazine groups is 1. The number of carbonyl (C=O) groups excluding carboxylic acids is 1. The quantitative estimate of drug-likeness (QED) is 0.862. The second-order valence-electron chi connectivity index (χ2n) is 4.49. The third kappa shape index (κ3) is 3.08. The summed E-state index contributed by atoms with van der Waals surface area (Å²) in [5.41, 5.74) is 0.836. The van der Waals surface area contributed by atoms with Crippen molar-refractivity contribution in [1.82, 2.24) is 10.0 Å². The SMILES string of the molecule is CCOc1cc(C=C2SCN(N(C)C)C2=O)ccc1O. The monoisotopic (exact) mass is 294 g/mol. The second kappa shape index (κ2) is 6.19. The number of phenols is 1. The maximum Gasteiger partial charge on any atom is 0.275 e. The van der Waals surface area contributed by atoms with Crippen LogP contribution < -0.4 is 4.74 Å². The maximum absolute atomic E-state index is 12.1. The van der Waals surface area contributed by atoms with Gasteiger partial charge in [0, 0.05) is 14.1 Å². The fourth-order valence-electron chi connectivity index (χ4n) is 1.82. The van der Waals surface area contributed by atoms with Crippen molar-refractivity contribution in [2.45, 2.75) is 6.92 Å². The van der Waals surface area contributed by atoms with Gasteiger partial charge in [0.15, 0.2) is 11.5 Å². The number of ether oxygens (including phenoxy) is 1. The molecule has 1 aliphatic rings. The lowest BCUT2D eigenvalue weighted by Crippen LogP contribution is -2.37. The zero-order valence-corrected chi connectivity index (χ0v) is 12.6. The number of carbonyl (C=O) groups is 1. The minimum absolute atomic E-state index is 0.00830. The fourth-order valence-corrected chi connectivity index (χ4v) is 2.88. The summed E-state index contributed by atoms with van der Waals surface area (Å²) < 4.78 is 5.34. The van der Waals surface area contributed by atoms with Gasteiger partial charge in [0.05, 0.1) is 17.4 Å². The maximum atomic E-state index is 12.1. The molecule has 0 saturated carbocycles. The Kier molecular flexibility index (Phi) is 4.57. The van der Waals surface area contributed by atoms with Gasteiger partial charge in [0.2, 0.25) is 0 Å². The van der Waals surface area contributed by atoms with Crippen molar-refractivity contribution in [3.05, 3.63) is 28.7 Å². The molecule has 20 heavy (non-hydrogen) atoms. The molecule has 1 aromatic carbocycles. The highest BCUT2D eigenvalue weighted by molar-refractivity contribution is 8.04. The van der Waals surface area contributed by atoms with Gasteiger partial charge in [0.1, 0.15) is 0 Å². The van der Waals surface area contributed by atoms with Crippen LogP contribution in [-0.4, -0.2) is 47.6 Å². The van der Waals surface area contributed by atoms with Crippen molar-refractivity contribution in [2.75, 3.05) is 26.6 Å². The zero-order chi connectivity index (χ0) is 14.7. The molecule has 0 unspecified atom stereocenters. The lowest BCUT2D eigenvalue weighted by atomic mass is 10.2. The van der Waals surface area contributed by atoms with Gasteiger partial charge >= 0.3 is 0 Å². The largest absolute Gasteiger partial charge is 0.504 e. The first kappa shape index (κ1) is 14.7. The van der Waals surface area contributed by atoms with Crippen molar-refractivity contribution in [3.63, 3.8) is 0 Å². The lowest BCUT2D eigenvalue weighted by Gasteiger charge is -2.21. The summed E-state index contributed by atoms with van der Waals surface area (Å²) in [7, 11) is 3.68. The number of nitrogens with zero attached hydrogens (tertiary/aromatic N) is 2. The third-order valence-electron chi connectivity index (χ3n) is 2.85. The van der Waals surface area contributed by atoms with Crippen LogP contribution in [0.5, 0.6) is 11.5 Å². The molecule has 1 aromatic rings. The number of hydrogen-bond donors (Lipinski definition) is 1. The molecule has 1 fully saturated rings. The summed E-state index contributed by atoms with van der Waals surface area (Å²) in [6.45, 7) is 2.34. The average Bonchev–Trinajstić information content (AvgIpc) is 2.75. The topological polar surface area (TPSA) is 53.0 Å². The molecule has 0 aliphatic carbocycles. The standard InChI is InChI=1S/C14H18N2O3S/c1-4-19-12-7-10(5-6-11(12)17)8-13-14(18)16(9-20-13)15(2)3/h5-8,17H,4,9H2,1-3H3. The average molecular weight is 294 g/mol. The van der Waals surface area contributed by atoms with Crippen LogP contribution in [0.1, 0.15) is 12.5 Å². The summed E-state index contributed by atoms with van der Waals surface area (Å²) in [5.74, 6) is 1.15. The van der Waals surface area contributed by atoms with Crippen molar-refractivity contribution in [2.24, 2.45) is 0 Å². The minimum Gasteiger partial charge on any atom is -0.504 e. The molecule has 6 heteroatoms. The molecule has 108 valence electrons. The van der Waals surface area contributed by atoms with Crippen molar-refractivity contribution >= 4 is 23.7 Å². The van der Waals surface area contributed by atoms with E-state index in [1.165, 1.54) is 11.8 Å². The molecule has 1 amide bonds. The number of phenolic OH excluding ortho intramolecular Hbond substituents is 1. The van der Waals surface area contributed by atoms with E-state index < -0.39 is 0 Å². The first-order chi connectivity index (χ1) is 9.52. The van der Waals surface area contributed by atoms with Crippen LogP contribution >= 0.6 is 11.8 Å². The third-order valence-corrected chi connectivity index (χ3v) is 3.83. The van der Waals surface area contributed by atoms with E-state index >= 15 is 0 Å². The van der Waals surface area contributed by atoms with E-state index in [1.807, 2.05) is 27.1 Å². The van der Waals surface area contributed by atoms with E-state index in [9.17, 15) is 9.90 Å². The minimum atomic E-state index is -0.00830. The number of benzene rings is 1. The highest BCUT2D eigenvalue weighted by Gasteiger charge is 2.28. The van der Waals surface area contributed by atoms with Crippen LogP contribution in [0.15, 0.2) is 23.1 Å². The summed E-state index contributed by atoms with van der Waals surface area (Å²) in [6, 6.07) is 5.07. The Hall–Kier alpha value is -1.66. The van der Waals surface area contributed by atoms with Gasteiger partial charge in [-0.1, -0.05) is 17.8 Å². The fraction of sp³-hybridized carbons (Fsp3) is 0.357. The molecular formula is C14H18N2O3S. The molecule has 0 bridgehead atoms. The van der Waals surface area contributed by atoms with Gasteiger partial charge in [-0.25, -0.2) is 5.01 Å². The molecule has 5 nitrogen and oxygen atoms in total. The molecule has 0 radical (unpaired) electrons. The van der Waals surface area contributed by atoms with Crippen molar-refractivity contribution < 1.29 is 14.6 Å². The van der Waals surface area contributed by atoms with Gasteiger partial charge in [-0.3, -0.25) is 9.80 Å². The Balaban J connectivity index is 2.23. The molecule has 2 rings (SSSR count). The Morgan fingerprint density at radius 2 is 2.25 bits per heavy atom. The van der Waals surface area contributed by atoms with Gasteiger partial charge in [-0.15, -0.1) is 0 Å². The Morgan fingerprint density at radius 3 is 2.85 bits per heavy atom. The number of hydrogen-bond acceptors (Lipinski definition) is 5. The molecule has 0 aromatic heterocycles. The summed E-state index contributed by atoms with van der Waals surface area (Å²) in [5, 5.41) is 13.1. The van der Waals surface area contributed by atoms with Crippen LogP contribution in [0.3, 0.4) is 0 Å². The Morgan fingerprint density at radius 1 is 1.50 bits per heavy atom.